The van der Waals surface area contributed by atoms with Gasteiger partial charge in [-0.2, -0.15) is 0 Å². The Morgan fingerprint density at radius 3 is 2.76 bits per heavy atom. The average molecular weight is 306 g/mol. The zero-order chi connectivity index (χ0) is 14.9. The first-order valence-electron chi connectivity index (χ1n) is 7.28. The van der Waals surface area contributed by atoms with Gasteiger partial charge in [-0.1, -0.05) is 36.9 Å². The molecule has 2 N–H and O–H groups in total. The number of nitrogens with two attached hydrogens (primary N) is 1. The van der Waals surface area contributed by atoms with Gasteiger partial charge in [0.05, 0.1) is 13.2 Å². The number of nitrogens with zero attached hydrogens (tertiary/aromatic N) is 3. The fraction of sp³-hybridized carbons (Fsp3) is 0.467. The number of ether oxygens (including phenoxy) is 1. The average Bonchev–Trinajstić information content (AvgIpc) is 2.91. The molecule has 0 aliphatic heterocycles. The summed E-state index contributed by atoms with van der Waals surface area (Å²) in [7, 11) is 0. The van der Waals surface area contributed by atoms with Gasteiger partial charge < -0.3 is 15.0 Å². The second kappa shape index (κ2) is 8.69. The van der Waals surface area contributed by atoms with Crippen LogP contribution in [0, 0.1) is 0 Å². The van der Waals surface area contributed by atoms with Crippen LogP contribution in [0.5, 0.6) is 5.75 Å². The minimum absolute atomic E-state index is 0.435. The maximum absolute atomic E-state index is 5.68. The second-order valence-corrected chi connectivity index (χ2v) is 5.68. The molecule has 1 heterocycles. The summed E-state index contributed by atoms with van der Waals surface area (Å²) in [5.41, 5.74) is 5.68. The van der Waals surface area contributed by atoms with Gasteiger partial charge in [0.25, 0.3) is 0 Å². The third-order valence-electron chi connectivity index (χ3n) is 2.96. The van der Waals surface area contributed by atoms with Gasteiger partial charge in [-0.25, -0.2) is 0 Å². The van der Waals surface area contributed by atoms with Crippen LogP contribution < -0.4 is 10.5 Å². The molecule has 0 radical (unpaired) electrons. The molecule has 0 saturated heterocycles. The smallest absolute Gasteiger partial charge is 0.191 e. The number of thioether (sulfide) groups is 1. The molecule has 5 nitrogen and oxygen atoms in total. The van der Waals surface area contributed by atoms with E-state index in [1.54, 1.807) is 11.8 Å². The number of hydrogen-bond donors (Lipinski definition) is 1. The summed E-state index contributed by atoms with van der Waals surface area (Å²) in [4.78, 5) is 0. The van der Waals surface area contributed by atoms with Gasteiger partial charge in [0.15, 0.2) is 5.16 Å². The summed E-state index contributed by atoms with van der Waals surface area (Å²) in [6.07, 6.45) is 2.02. The first-order chi connectivity index (χ1) is 10.3. The molecule has 2 rings (SSSR count). The molecule has 1 aromatic carbocycles. The van der Waals surface area contributed by atoms with Gasteiger partial charge in [-0.15, -0.1) is 10.2 Å². The van der Waals surface area contributed by atoms with Crippen molar-refractivity contribution in [1.82, 2.24) is 14.8 Å². The van der Waals surface area contributed by atoms with E-state index in [1.807, 2.05) is 30.3 Å². The van der Waals surface area contributed by atoms with Crippen LogP contribution in [0.25, 0.3) is 0 Å². The lowest BCUT2D eigenvalue weighted by Gasteiger charge is -2.08. The molecule has 0 bridgehead atoms. The summed E-state index contributed by atoms with van der Waals surface area (Å²) in [6, 6.07) is 9.88. The van der Waals surface area contributed by atoms with Crippen molar-refractivity contribution >= 4 is 11.8 Å². The quantitative estimate of drug-likeness (QED) is 0.570. The van der Waals surface area contributed by atoms with E-state index in [0.717, 1.165) is 41.9 Å². The van der Waals surface area contributed by atoms with E-state index < -0.39 is 0 Å². The molecule has 0 atom stereocenters. The largest absolute Gasteiger partial charge is 0.494 e. The highest BCUT2D eigenvalue weighted by atomic mass is 32.2. The minimum atomic E-state index is 0.435. The number of hydrogen-bond acceptors (Lipinski definition) is 5. The Bertz CT molecular complexity index is 530. The van der Waals surface area contributed by atoms with Gasteiger partial charge in [0, 0.05) is 12.3 Å². The molecular formula is C15H22N4OS. The molecular weight excluding hydrogens is 284 g/mol. The summed E-state index contributed by atoms with van der Waals surface area (Å²) in [5, 5.41) is 9.31. The van der Waals surface area contributed by atoms with Gasteiger partial charge in [-0.3, -0.25) is 0 Å². The van der Waals surface area contributed by atoms with E-state index in [9.17, 15) is 0 Å². The molecule has 6 heteroatoms. The van der Waals surface area contributed by atoms with Crippen LogP contribution in [0.3, 0.4) is 0 Å². The van der Waals surface area contributed by atoms with E-state index in [-0.39, 0.29) is 0 Å². The molecule has 21 heavy (non-hydrogen) atoms. The highest BCUT2D eigenvalue weighted by Crippen LogP contribution is 2.18. The van der Waals surface area contributed by atoms with Gasteiger partial charge >= 0.3 is 0 Å². The number of aromatic nitrogens is 3. The summed E-state index contributed by atoms with van der Waals surface area (Å²) in [5.74, 6) is 2.74. The molecule has 0 saturated carbocycles. The molecule has 0 aliphatic carbocycles. The Balaban J connectivity index is 1.74. The van der Waals surface area contributed by atoms with Crippen molar-refractivity contribution < 1.29 is 4.74 Å². The van der Waals surface area contributed by atoms with Crippen molar-refractivity contribution in [3.05, 3.63) is 36.2 Å². The number of benzene rings is 1. The van der Waals surface area contributed by atoms with Crippen LogP contribution in [0.4, 0.5) is 0 Å². The van der Waals surface area contributed by atoms with E-state index >= 15 is 0 Å². The predicted molar refractivity (Wildman–Crippen MR) is 85.5 cm³/mol. The van der Waals surface area contributed by atoms with E-state index in [2.05, 4.69) is 21.7 Å². The highest BCUT2D eigenvalue weighted by molar-refractivity contribution is 7.99. The zero-order valence-electron chi connectivity index (χ0n) is 12.4. The van der Waals surface area contributed by atoms with Crippen LogP contribution in [-0.2, 0) is 13.1 Å². The first kappa shape index (κ1) is 15.9. The Labute approximate surface area is 129 Å². The lowest BCUT2D eigenvalue weighted by molar-refractivity contribution is 0.318. The maximum atomic E-state index is 5.68. The minimum Gasteiger partial charge on any atom is -0.494 e. The van der Waals surface area contributed by atoms with Crippen molar-refractivity contribution in [2.45, 2.75) is 38.0 Å². The van der Waals surface area contributed by atoms with Crippen molar-refractivity contribution in [3.8, 4) is 5.75 Å². The Hall–Kier alpha value is -1.53. The summed E-state index contributed by atoms with van der Waals surface area (Å²) in [6.45, 7) is 4.21. The van der Waals surface area contributed by atoms with Crippen LogP contribution in [0.15, 0.2) is 35.5 Å². The monoisotopic (exact) mass is 306 g/mol. The van der Waals surface area contributed by atoms with Crippen LogP contribution in [0.2, 0.25) is 0 Å². The summed E-state index contributed by atoms with van der Waals surface area (Å²) < 4.78 is 7.79. The Morgan fingerprint density at radius 2 is 2.05 bits per heavy atom. The lowest BCUT2D eigenvalue weighted by atomic mass is 10.3. The van der Waals surface area contributed by atoms with Crippen LogP contribution >= 0.6 is 11.8 Å². The van der Waals surface area contributed by atoms with Crippen molar-refractivity contribution in [1.29, 1.82) is 0 Å². The van der Waals surface area contributed by atoms with E-state index in [0.29, 0.717) is 13.2 Å². The molecule has 0 amide bonds. The topological polar surface area (TPSA) is 66.0 Å². The second-order valence-electron chi connectivity index (χ2n) is 4.62. The number of para-hydroxylation sites is 1. The fourth-order valence-electron chi connectivity index (χ4n) is 1.95. The Kier molecular flexibility index (Phi) is 6.56. The standard InChI is InChI=1S/C15H22N4OS/c1-2-9-19-14(12-16)17-18-15(19)21-11-6-10-20-13-7-4-3-5-8-13/h3-5,7-8H,2,6,9-12,16H2,1H3. The van der Waals surface area contributed by atoms with Gasteiger partial charge in [-0.05, 0) is 25.0 Å². The molecule has 0 spiro atoms. The van der Waals surface area contributed by atoms with Crippen molar-refractivity contribution in [2.24, 2.45) is 5.73 Å². The molecule has 2 aromatic rings. The van der Waals surface area contributed by atoms with Crippen LogP contribution in [-0.4, -0.2) is 27.1 Å². The third-order valence-corrected chi connectivity index (χ3v) is 4.01. The molecule has 0 fully saturated rings. The molecule has 0 unspecified atom stereocenters. The fourth-order valence-corrected chi connectivity index (χ4v) is 2.85. The van der Waals surface area contributed by atoms with E-state index in [4.69, 9.17) is 10.5 Å². The number of rotatable bonds is 9. The first-order valence-corrected chi connectivity index (χ1v) is 8.26. The summed E-state index contributed by atoms with van der Waals surface area (Å²) >= 11 is 1.71. The normalized spacial score (nSPS) is 10.8. The molecule has 0 aliphatic rings. The zero-order valence-corrected chi connectivity index (χ0v) is 13.2. The Morgan fingerprint density at radius 1 is 1.24 bits per heavy atom. The van der Waals surface area contributed by atoms with Crippen molar-refractivity contribution in [2.75, 3.05) is 12.4 Å². The third kappa shape index (κ3) is 4.75. The molecule has 114 valence electrons. The van der Waals surface area contributed by atoms with Crippen LogP contribution in [0.1, 0.15) is 25.6 Å². The highest BCUT2D eigenvalue weighted by Gasteiger charge is 2.10. The lowest BCUT2D eigenvalue weighted by Crippen LogP contribution is -2.09. The van der Waals surface area contributed by atoms with Gasteiger partial charge in [0.2, 0.25) is 0 Å². The molecule has 1 aromatic heterocycles. The van der Waals surface area contributed by atoms with E-state index in [1.165, 1.54) is 0 Å². The van der Waals surface area contributed by atoms with Gasteiger partial charge in [0.1, 0.15) is 11.6 Å². The predicted octanol–water partition coefficient (Wildman–Crippen LogP) is 2.71. The van der Waals surface area contributed by atoms with Crippen molar-refractivity contribution in [3.63, 3.8) is 0 Å². The SMILES string of the molecule is CCCn1c(CN)nnc1SCCCOc1ccccc1. The maximum Gasteiger partial charge on any atom is 0.191 e.